The molecule has 0 radical (unpaired) electrons. The van der Waals surface area contributed by atoms with Crippen LogP contribution in [0.3, 0.4) is 0 Å². The zero-order chi connectivity index (χ0) is 44.0. The minimum Gasteiger partial charge on any atom is -0.469 e. The highest BCUT2D eigenvalue weighted by molar-refractivity contribution is 5.92. The summed E-state index contributed by atoms with van der Waals surface area (Å²) in [4.78, 5) is 45.9. The van der Waals surface area contributed by atoms with E-state index >= 15 is 4.79 Å². The fraction of sp³-hybridized carbons (Fsp3) is 0.712. The molecule has 9 fully saturated rings. The molecule has 64 heavy (non-hydrogen) atoms. The summed E-state index contributed by atoms with van der Waals surface area (Å²) in [5.41, 5.74) is -3.14. The maximum absolute atomic E-state index is 15.6. The first-order valence-corrected chi connectivity index (χ1v) is 24.7. The molecule has 2 aromatic rings. The number of allylic oxidation sites excluding steroid dienone is 1. The van der Waals surface area contributed by atoms with Crippen molar-refractivity contribution in [2.45, 2.75) is 139 Å². The number of benzene rings is 1. The number of furan rings is 1. The highest BCUT2D eigenvalue weighted by atomic mass is 16.7. The second-order valence-electron chi connectivity index (χ2n) is 22.7. The maximum atomic E-state index is 15.6. The van der Waals surface area contributed by atoms with E-state index < -0.39 is 63.8 Å². The molecule has 0 amide bonds. The van der Waals surface area contributed by atoms with Gasteiger partial charge in [0.05, 0.1) is 37.0 Å². The van der Waals surface area contributed by atoms with E-state index in [2.05, 4.69) is 53.7 Å². The van der Waals surface area contributed by atoms with Gasteiger partial charge in [0.25, 0.3) is 0 Å². The number of ether oxygens (including phenoxy) is 4. The Hall–Kier alpha value is -3.55. The molecule has 6 aliphatic heterocycles. The van der Waals surface area contributed by atoms with Gasteiger partial charge in [-0.2, -0.15) is 0 Å². The smallest absolute Gasteiger partial charge is 0.339 e. The zero-order valence-electron chi connectivity index (χ0n) is 37.6. The molecule has 7 heterocycles. The Kier molecular flexibility index (Phi) is 9.63. The van der Waals surface area contributed by atoms with Crippen LogP contribution in [0.15, 0.2) is 59.4 Å². The number of aliphatic hydroxyl groups excluding tert-OH is 2. The van der Waals surface area contributed by atoms with Crippen molar-refractivity contribution < 1.29 is 48.0 Å². The van der Waals surface area contributed by atoms with E-state index in [-0.39, 0.29) is 49.1 Å². The maximum Gasteiger partial charge on any atom is 0.339 e. The number of ketones is 1. The minimum atomic E-state index is -1.44. The lowest BCUT2D eigenvalue weighted by molar-refractivity contribution is -0.276. The molecule has 4 saturated carbocycles. The average Bonchev–Trinajstić information content (AvgIpc) is 3.52. The number of cyclic esters (lactones) is 2. The number of aliphatic hydroxyl groups is 2. The summed E-state index contributed by atoms with van der Waals surface area (Å²) in [6, 6.07) is 13.0. The van der Waals surface area contributed by atoms with E-state index in [1.54, 1.807) is 6.26 Å². The van der Waals surface area contributed by atoms with E-state index in [9.17, 15) is 19.8 Å². The molecule has 4 aliphatic carbocycles. The Morgan fingerprint density at radius 3 is 2.64 bits per heavy atom. The predicted octanol–water partition coefficient (Wildman–Crippen LogP) is 6.08. The van der Waals surface area contributed by atoms with Crippen molar-refractivity contribution in [1.29, 1.82) is 0 Å². The van der Waals surface area contributed by atoms with Gasteiger partial charge in [0.2, 0.25) is 0 Å². The quantitative estimate of drug-likeness (QED) is 0.208. The van der Waals surface area contributed by atoms with Crippen molar-refractivity contribution in [1.82, 2.24) is 10.2 Å². The number of epoxide rings is 1. The zero-order valence-corrected chi connectivity index (χ0v) is 37.6. The minimum absolute atomic E-state index is 0.0260. The summed E-state index contributed by atoms with van der Waals surface area (Å²) in [7, 11) is 0. The normalized spacial score (nSPS) is 46.6. The van der Waals surface area contributed by atoms with Gasteiger partial charge in [-0.05, 0) is 124 Å². The monoisotopic (exact) mass is 878 g/mol. The highest BCUT2D eigenvalue weighted by Crippen LogP contribution is 2.82. The lowest BCUT2D eigenvalue weighted by Crippen LogP contribution is -2.79. The summed E-state index contributed by atoms with van der Waals surface area (Å²) in [6.45, 7) is 7.99. The average molecular weight is 879 g/mol. The molecule has 12 rings (SSSR count). The van der Waals surface area contributed by atoms with Crippen LogP contribution in [-0.4, -0.2) is 94.8 Å². The third-order valence-corrected chi connectivity index (χ3v) is 19.8. The lowest BCUT2D eigenvalue weighted by atomic mass is 9.32. The van der Waals surface area contributed by atoms with Gasteiger partial charge in [0.1, 0.15) is 30.2 Å². The molecule has 17 atom stereocenters. The Bertz CT molecular complexity index is 2230. The van der Waals surface area contributed by atoms with Crippen LogP contribution in [0.25, 0.3) is 0 Å². The van der Waals surface area contributed by atoms with E-state index in [0.717, 1.165) is 70.1 Å². The van der Waals surface area contributed by atoms with Crippen LogP contribution in [0.5, 0.6) is 0 Å². The van der Waals surface area contributed by atoms with Gasteiger partial charge in [0.15, 0.2) is 11.9 Å². The Balaban J connectivity index is 0.936. The standard InChI is InChI=1S/C52H66N2O10/c1-48(2)43-42(57)44(58)51(34-11-7-10-30(21-34)20-29-8-5-4-6-9-29)39(50(43)27-61-41(56)24-40(50)63-48)14-17-49(3)45(62-47(59)46-52(49,51)64-46)36-16-19-60-38(36)23-33(26-55)31-12-13-35-32(22-31)15-18-54-28-53-25-37(35)54/h4-6,8-9,15-16,18-19,30-35,37,39-40,43-46,53,55,58H,7,10-14,17,20-28H2,1-3H3/t30-,31-,32+,33+,34-,35-,37-,39+,40-,43+,44+,45-,46+,49-,50-,51-,52+/m0/s1. The van der Waals surface area contributed by atoms with Crippen LogP contribution in [0, 0.1) is 63.6 Å². The van der Waals surface area contributed by atoms with Gasteiger partial charge >= 0.3 is 11.9 Å². The molecule has 12 nitrogen and oxygen atoms in total. The lowest BCUT2D eigenvalue weighted by Gasteiger charge is -2.70. The molecule has 3 N–H and O–H groups in total. The number of hydrogen-bond donors (Lipinski definition) is 3. The first-order chi connectivity index (χ1) is 30.9. The SMILES string of the molecule is CC1(C)O[C@H]2CC(=O)OC[C@@]23[C@@H]1C(=O)[C@@H](O)[C@]1([C@H]2CCC[C@@H](Cc4ccccc4)C2)[C@@H]3CC[C@@]2(C)[C@H](c3ccoc3C[C@H](CO)[C@H]3CC[C@H]4[C@H](C=CN5CNC[C@@H]45)C3)OC(=O)[C@H]3O[C@@]312. The highest BCUT2D eigenvalue weighted by Gasteiger charge is 2.93. The number of hydrogen-bond acceptors (Lipinski definition) is 12. The molecular formula is C52H66N2O10. The van der Waals surface area contributed by atoms with Crippen LogP contribution in [0.4, 0.5) is 0 Å². The van der Waals surface area contributed by atoms with Gasteiger partial charge in [-0.3, -0.25) is 14.9 Å². The van der Waals surface area contributed by atoms with Crippen LogP contribution in [0.1, 0.15) is 108 Å². The summed E-state index contributed by atoms with van der Waals surface area (Å²) < 4.78 is 33.0. The second kappa shape index (κ2) is 14.7. The molecule has 5 saturated heterocycles. The topological polar surface area (TPSA) is 160 Å². The fourth-order valence-electron chi connectivity index (χ4n) is 17.4. The number of fused-ring (bicyclic) bond motifs is 4. The number of Topliss-reactive ketones (excluding diaryl/α,β-unsaturated/α-hetero) is 1. The Morgan fingerprint density at radius 1 is 0.969 bits per heavy atom. The molecule has 344 valence electrons. The number of carbonyl (C=O) groups excluding carboxylic acids is 3. The first kappa shape index (κ1) is 41.9. The number of rotatable bonds is 8. The van der Waals surface area contributed by atoms with Crippen LogP contribution >= 0.6 is 0 Å². The largest absolute Gasteiger partial charge is 0.469 e. The van der Waals surface area contributed by atoms with Gasteiger partial charge in [-0.25, -0.2) is 4.79 Å². The van der Waals surface area contributed by atoms with Gasteiger partial charge in [-0.15, -0.1) is 0 Å². The molecular weight excluding hydrogens is 813 g/mol. The predicted molar refractivity (Wildman–Crippen MR) is 232 cm³/mol. The summed E-state index contributed by atoms with van der Waals surface area (Å²) in [5, 5.41) is 28.0. The van der Waals surface area contributed by atoms with E-state index in [0.29, 0.717) is 54.7 Å². The number of nitrogens with zero attached hydrogens (tertiary/aromatic N) is 1. The summed E-state index contributed by atoms with van der Waals surface area (Å²) >= 11 is 0. The molecule has 12 heteroatoms. The third-order valence-electron chi connectivity index (χ3n) is 19.8. The van der Waals surface area contributed by atoms with Crippen LogP contribution in [0.2, 0.25) is 0 Å². The van der Waals surface area contributed by atoms with E-state index in [1.165, 1.54) is 5.56 Å². The molecule has 10 aliphatic rings. The second-order valence-corrected chi connectivity index (χ2v) is 22.7. The molecule has 1 aromatic carbocycles. The third kappa shape index (κ3) is 5.55. The number of carbonyl (C=O) groups is 3. The van der Waals surface area contributed by atoms with Crippen LogP contribution in [-0.2, 0) is 46.2 Å². The summed E-state index contributed by atoms with van der Waals surface area (Å²) in [6.07, 6.45) is 11.8. The van der Waals surface area contributed by atoms with E-state index in [4.69, 9.17) is 23.4 Å². The van der Waals surface area contributed by atoms with Gasteiger partial charge < -0.3 is 38.5 Å². The number of nitrogens with one attached hydrogen (secondary N) is 1. The van der Waals surface area contributed by atoms with Crippen molar-refractivity contribution >= 4 is 17.7 Å². The summed E-state index contributed by atoms with van der Waals surface area (Å²) in [5.74, 6) is 0.0144. The van der Waals surface area contributed by atoms with Crippen molar-refractivity contribution in [3.05, 3.63) is 71.8 Å². The molecule has 0 bridgehead atoms. The molecule has 0 unspecified atom stereocenters. The van der Waals surface area contributed by atoms with Crippen molar-refractivity contribution in [3.8, 4) is 0 Å². The number of esters is 2. The van der Waals surface area contributed by atoms with Crippen molar-refractivity contribution in [2.75, 3.05) is 26.4 Å². The van der Waals surface area contributed by atoms with E-state index in [1.807, 2.05) is 26.0 Å². The molecule has 1 aromatic heterocycles. The Morgan fingerprint density at radius 2 is 1.81 bits per heavy atom. The van der Waals surface area contributed by atoms with Crippen molar-refractivity contribution in [3.63, 3.8) is 0 Å². The fourth-order valence-corrected chi connectivity index (χ4v) is 17.4. The molecule has 2 spiro atoms. The van der Waals surface area contributed by atoms with Gasteiger partial charge in [0, 0.05) is 47.4 Å². The van der Waals surface area contributed by atoms with Crippen LogP contribution < -0.4 is 5.32 Å². The first-order valence-electron chi connectivity index (χ1n) is 24.7. The Labute approximate surface area is 376 Å². The van der Waals surface area contributed by atoms with Crippen molar-refractivity contribution in [2.24, 2.45) is 63.6 Å². The van der Waals surface area contributed by atoms with Gasteiger partial charge in [-0.1, -0.05) is 56.2 Å².